The lowest BCUT2D eigenvalue weighted by atomic mass is 9.85. The predicted octanol–water partition coefficient (Wildman–Crippen LogP) is 3.30. The predicted molar refractivity (Wildman–Crippen MR) is 96.2 cm³/mol. The van der Waals surface area contributed by atoms with Crippen LogP contribution in [0.1, 0.15) is 48.7 Å². The third kappa shape index (κ3) is 3.50. The summed E-state index contributed by atoms with van der Waals surface area (Å²) in [7, 11) is 0. The minimum Gasteiger partial charge on any atom is -0.338 e. The van der Waals surface area contributed by atoms with Crippen molar-refractivity contribution in [2.75, 3.05) is 13.1 Å². The summed E-state index contributed by atoms with van der Waals surface area (Å²) in [6.45, 7) is 3.61. The summed E-state index contributed by atoms with van der Waals surface area (Å²) in [5.41, 5.74) is 2.28. The molecule has 2 unspecified atom stereocenters. The summed E-state index contributed by atoms with van der Waals surface area (Å²) >= 11 is 0. The number of hydrogen-bond acceptors (Lipinski definition) is 3. The van der Waals surface area contributed by atoms with Gasteiger partial charge >= 0.3 is 6.03 Å². The maximum absolute atomic E-state index is 12.5. The third-order valence-corrected chi connectivity index (χ3v) is 5.12. The number of benzene rings is 1. The lowest BCUT2D eigenvalue weighted by molar-refractivity contribution is 0.0594. The molecule has 5 nitrogen and oxygen atoms in total. The zero-order chi connectivity index (χ0) is 17.2. The second kappa shape index (κ2) is 6.82. The zero-order valence-electron chi connectivity index (χ0n) is 14.6. The van der Waals surface area contributed by atoms with E-state index >= 15 is 0 Å². The van der Waals surface area contributed by atoms with Crippen LogP contribution in [0, 0.1) is 5.92 Å². The smallest absolute Gasteiger partial charge is 0.317 e. The molecular formula is C20H24N4O. The summed E-state index contributed by atoms with van der Waals surface area (Å²) in [5.74, 6) is 2.04. The fourth-order valence-corrected chi connectivity index (χ4v) is 3.52. The van der Waals surface area contributed by atoms with E-state index in [1.807, 2.05) is 35.5 Å². The van der Waals surface area contributed by atoms with Gasteiger partial charge in [0.2, 0.25) is 0 Å². The number of carbonyl (C=O) groups is 1. The van der Waals surface area contributed by atoms with Crippen LogP contribution in [0.5, 0.6) is 0 Å². The van der Waals surface area contributed by atoms with E-state index in [1.54, 1.807) is 0 Å². The molecule has 5 heteroatoms. The van der Waals surface area contributed by atoms with E-state index in [-0.39, 0.29) is 12.1 Å². The quantitative estimate of drug-likeness (QED) is 0.911. The molecule has 1 aliphatic heterocycles. The van der Waals surface area contributed by atoms with Crippen molar-refractivity contribution < 1.29 is 4.79 Å². The zero-order valence-corrected chi connectivity index (χ0v) is 14.6. The molecule has 2 fully saturated rings. The van der Waals surface area contributed by atoms with Crippen LogP contribution in [0.3, 0.4) is 0 Å². The Morgan fingerprint density at radius 3 is 2.56 bits per heavy atom. The van der Waals surface area contributed by atoms with Gasteiger partial charge in [0, 0.05) is 31.4 Å². The molecule has 2 aromatic rings. The maximum atomic E-state index is 12.5. The Morgan fingerprint density at radius 2 is 1.92 bits per heavy atom. The molecule has 25 heavy (non-hydrogen) atoms. The maximum Gasteiger partial charge on any atom is 0.317 e. The van der Waals surface area contributed by atoms with Crippen LogP contribution in [-0.4, -0.2) is 34.0 Å². The first-order valence-corrected chi connectivity index (χ1v) is 9.12. The molecule has 1 aromatic carbocycles. The minimum absolute atomic E-state index is 0.0162. The average Bonchev–Trinajstić information content (AvgIpc) is 3.46. The molecule has 4 rings (SSSR count). The van der Waals surface area contributed by atoms with Gasteiger partial charge in [-0.05, 0) is 36.3 Å². The normalized spacial score (nSPS) is 22.4. The second-order valence-corrected chi connectivity index (χ2v) is 7.19. The number of aromatic nitrogens is 2. The molecule has 0 radical (unpaired) electrons. The van der Waals surface area contributed by atoms with Crippen LogP contribution in [0.25, 0.3) is 0 Å². The first-order chi connectivity index (χ1) is 12.2. The van der Waals surface area contributed by atoms with Gasteiger partial charge in [-0.2, -0.15) is 0 Å². The van der Waals surface area contributed by atoms with Gasteiger partial charge in [0.25, 0.3) is 0 Å². The Morgan fingerprint density at radius 1 is 1.20 bits per heavy atom. The monoisotopic (exact) mass is 336 g/mol. The highest BCUT2D eigenvalue weighted by Gasteiger charge is 2.39. The van der Waals surface area contributed by atoms with E-state index in [2.05, 4.69) is 34.3 Å². The highest BCUT2D eigenvalue weighted by Crippen LogP contribution is 2.38. The van der Waals surface area contributed by atoms with Crippen molar-refractivity contribution in [2.24, 2.45) is 5.92 Å². The molecule has 2 heterocycles. The van der Waals surface area contributed by atoms with Crippen molar-refractivity contribution in [3.8, 4) is 0 Å². The van der Waals surface area contributed by atoms with Crippen LogP contribution in [0.15, 0.2) is 42.7 Å². The molecule has 1 saturated heterocycles. The number of nitrogens with one attached hydrogen (secondary N) is 1. The van der Waals surface area contributed by atoms with Crippen molar-refractivity contribution >= 4 is 6.03 Å². The fourth-order valence-electron chi connectivity index (χ4n) is 3.52. The molecule has 1 aromatic heterocycles. The third-order valence-electron chi connectivity index (χ3n) is 5.12. The van der Waals surface area contributed by atoms with Gasteiger partial charge in [0.05, 0.1) is 6.04 Å². The van der Waals surface area contributed by atoms with Crippen molar-refractivity contribution in [1.82, 2.24) is 20.2 Å². The van der Waals surface area contributed by atoms with Gasteiger partial charge in [0.1, 0.15) is 5.82 Å². The van der Waals surface area contributed by atoms with Gasteiger partial charge < -0.3 is 10.2 Å². The first-order valence-electron chi connectivity index (χ1n) is 9.12. The number of rotatable bonds is 5. The standard InChI is InChI=1S/C20H24N4O/c1-14-13-24(18(14)16-5-3-2-4-6-16)20(25)21-10-9-15-11-22-19(23-12-15)17-7-8-17/h2-6,11-12,14,17-18H,7-10,13H2,1H3,(H,21,25). The largest absolute Gasteiger partial charge is 0.338 e. The van der Waals surface area contributed by atoms with Crippen molar-refractivity contribution in [2.45, 2.75) is 38.1 Å². The second-order valence-electron chi connectivity index (χ2n) is 7.19. The first kappa shape index (κ1) is 16.1. The molecule has 2 aliphatic rings. The van der Waals surface area contributed by atoms with Gasteiger partial charge in [-0.25, -0.2) is 14.8 Å². The molecular weight excluding hydrogens is 312 g/mol. The molecule has 2 atom stereocenters. The molecule has 1 saturated carbocycles. The number of carbonyl (C=O) groups excluding carboxylic acids is 1. The van der Waals surface area contributed by atoms with E-state index in [9.17, 15) is 4.79 Å². The van der Waals surface area contributed by atoms with Crippen LogP contribution in [-0.2, 0) is 6.42 Å². The minimum atomic E-state index is 0.0162. The summed E-state index contributed by atoms with van der Waals surface area (Å²) in [6, 6.07) is 10.5. The summed E-state index contributed by atoms with van der Waals surface area (Å²) in [6.07, 6.45) is 6.98. The lowest BCUT2D eigenvalue weighted by Crippen LogP contribution is -2.55. The topological polar surface area (TPSA) is 58.1 Å². The van der Waals surface area contributed by atoms with Crippen LogP contribution in [0.2, 0.25) is 0 Å². The molecule has 130 valence electrons. The molecule has 0 bridgehead atoms. The van der Waals surface area contributed by atoms with Gasteiger partial charge in [-0.3, -0.25) is 0 Å². The van der Waals surface area contributed by atoms with Crippen molar-refractivity contribution in [3.63, 3.8) is 0 Å². The summed E-state index contributed by atoms with van der Waals surface area (Å²) in [4.78, 5) is 23.3. The Kier molecular flexibility index (Phi) is 4.38. The van der Waals surface area contributed by atoms with Crippen molar-refractivity contribution in [1.29, 1.82) is 0 Å². The van der Waals surface area contributed by atoms with E-state index in [0.29, 0.717) is 18.4 Å². The van der Waals surface area contributed by atoms with Crippen LogP contribution in [0.4, 0.5) is 4.79 Å². The van der Waals surface area contributed by atoms with Gasteiger partial charge in [-0.15, -0.1) is 0 Å². The SMILES string of the molecule is CC1CN(C(=O)NCCc2cnc(C3CC3)nc2)C1c1ccccc1. The summed E-state index contributed by atoms with van der Waals surface area (Å²) < 4.78 is 0. The number of likely N-dealkylation sites (tertiary alicyclic amines) is 1. The Hall–Kier alpha value is -2.43. The molecule has 0 spiro atoms. The summed E-state index contributed by atoms with van der Waals surface area (Å²) in [5, 5.41) is 3.03. The average molecular weight is 336 g/mol. The number of hydrogen-bond donors (Lipinski definition) is 1. The van der Waals surface area contributed by atoms with Gasteiger partial charge in [-0.1, -0.05) is 37.3 Å². The Balaban J connectivity index is 1.28. The Bertz CT molecular complexity index is 727. The highest BCUT2D eigenvalue weighted by molar-refractivity contribution is 5.75. The number of urea groups is 1. The number of amides is 2. The van der Waals surface area contributed by atoms with Crippen LogP contribution < -0.4 is 5.32 Å². The van der Waals surface area contributed by atoms with Crippen molar-refractivity contribution in [3.05, 3.63) is 59.7 Å². The number of nitrogens with zero attached hydrogens (tertiary/aromatic N) is 3. The molecule has 2 amide bonds. The highest BCUT2D eigenvalue weighted by atomic mass is 16.2. The van der Waals surface area contributed by atoms with E-state index < -0.39 is 0 Å². The van der Waals surface area contributed by atoms with E-state index in [4.69, 9.17) is 0 Å². The van der Waals surface area contributed by atoms with Gasteiger partial charge in [0.15, 0.2) is 0 Å². The lowest BCUT2D eigenvalue weighted by Gasteiger charge is -2.46. The fraction of sp³-hybridized carbons (Fsp3) is 0.450. The van der Waals surface area contributed by atoms with E-state index in [1.165, 1.54) is 18.4 Å². The molecule has 1 N–H and O–H groups in total. The van der Waals surface area contributed by atoms with Crippen LogP contribution >= 0.6 is 0 Å². The Labute approximate surface area is 148 Å². The van der Waals surface area contributed by atoms with E-state index in [0.717, 1.165) is 24.4 Å². The molecule has 1 aliphatic carbocycles.